The van der Waals surface area contributed by atoms with Gasteiger partial charge in [0, 0.05) is 6.42 Å². The van der Waals surface area contributed by atoms with Crippen LogP contribution in [-0.4, -0.2) is 23.5 Å². The molecule has 6 nitrogen and oxygen atoms in total. The van der Waals surface area contributed by atoms with E-state index in [-0.39, 0.29) is 6.42 Å². The van der Waals surface area contributed by atoms with Gasteiger partial charge >= 0.3 is 0 Å². The van der Waals surface area contributed by atoms with E-state index in [0.717, 1.165) is 0 Å². The first-order chi connectivity index (χ1) is 8.59. The molecule has 2 atom stereocenters. The van der Waals surface area contributed by atoms with Gasteiger partial charge in [0.15, 0.2) is 0 Å². The molecule has 0 aliphatic heterocycles. The van der Waals surface area contributed by atoms with Crippen LogP contribution in [0.4, 0.5) is 0 Å². The van der Waals surface area contributed by atoms with Crippen molar-refractivity contribution < 1.29 is 19.2 Å². The Morgan fingerprint density at radius 2 is 1.89 bits per heavy atom. The Bertz CT molecular complexity index is 486. The number of carbonyl (C=O) groups excluding carboxylic acids is 3. The summed E-state index contributed by atoms with van der Waals surface area (Å²) in [5.74, 6) is -1.99. The van der Waals surface area contributed by atoms with E-state index < -0.39 is 29.4 Å². The molecule has 1 aromatic rings. The maximum absolute atomic E-state index is 11.3. The minimum absolute atomic E-state index is 0.152. The third-order valence-corrected chi connectivity index (χ3v) is 2.73. The van der Waals surface area contributed by atoms with Gasteiger partial charge in [-0.1, -0.05) is 18.2 Å². The molecule has 1 aromatic carbocycles. The predicted molar refractivity (Wildman–Crippen MR) is 61.3 cm³/mol. The molecule has 2 rings (SSSR count). The average molecular weight is 248 g/mol. The smallest absolute Gasteiger partial charge is 0.219 e. The molecule has 0 aromatic heterocycles. The molecule has 1 saturated carbocycles. The van der Waals surface area contributed by atoms with Crippen LogP contribution in [0.2, 0.25) is 0 Å². The number of hydrogen-bond donors (Lipinski definition) is 2. The Labute approximate surface area is 103 Å². The Hall–Kier alpha value is -2.21. The third-order valence-electron chi connectivity index (χ3n) is 2.73. The Morgan fingerprint density at radius 1 is 1.22 bits per heavy atom. The van der Waals surface area contributed by atoms with Crippen molar-refractivity contribution in [2.45, 2.75) is 12.5 Å². The lowest BCUT2D eigenvalue weighted by molar-refractivity contribution is -0.153. The van der Waals surface area contributed by atoms with Crippen molar-refractivity contribution in [2.24, 2.45) is 11.7 Å². The lowest BCUT2D eigenvalue weighted by Gasteiger charge is -2.32. The van der Waals surface area contributed by atoms with Gasteiger partial charge in [-0.2, -0.15) is 0 Å². The van der Waals surface area contributed by atoms with Crippen LogP contribution in [-0.2, 0) is 14.4 Å². The summed E-state index contributed by atoms with van der Waals surface area (Å²) in [6.07, 6.45) is -0.152. The van der Waals surface area contributed by atoms with Crippen molar-refractivity contribution in [1.82, 2.24) is 5.48 Å². The summed E-state index contributed by atoms with van der Waals surface area (Å²) in [6, 6.07) is 7.95. The van der Waals surface area contributed by atoms with Crippen molar-refractivity contribution in [3.8, 4) is 5.75 Å². The summed E-state index contributed by atoms with van der Waals surface area (Å²) in [4.78, 5) is 38.5. The van der Waals surface area contributed by atoms with Gasteiger partial charge in [-0.3, -0.25) is 14.4 Å². The maximum Gasteiger partial charge on any atom is 0.219 e. The highest BCUT2D eigenvalue weighted by Crippen LogP contribution is 2.23. The van der Waals surface area contributed by atoms with Gasteiger partial charge in [-0.25, -0.2) is 0 Å². The van der Waals surface area contributed by atoms with Crippen LogP contribution in [0.5, 0.6) is 5.75 Å². The molecule has 0 spiro atoms. The largest absolute Gasteiger partial charge is 0.408 e. The van der Waals surface area contributed by atoms with Crippen LogP contribution in [0.15, 0.2) is 30.3 Å². The van der Waals surface area contributed by atoms with Crippen molar-refractivity contribution in [3.63, 3.8) is 0 Å². The monoisotopic (exact) mass is 248 g/mol. The average Bonchev–Trinajstić information content (AvgIpc) is 2.38. The van der Waals surface area contributed by atoms with E-state index in [1.807, 2.05) is 6.07 Å². The van der Waals surface area contributed by atoms with Crippen molar-refractivity contribution >= 4 is 17.5 Å². The second-order valence-electron chi connectivity index (χ2n) is 4.02. The summed E-state index contributed by atoms with van der Waals surface area (Å²) >= 11 is 0. The number of para-hydroxylation sites is 1. The second kappa shape index (κ2) is 4.97. The van der Waals surface area contributed by atoms with Crippen LogP contribution < -0.4 is 16.1 Å². The zero-order valence-electron chi connectivity index (χ0n) is 9.46. The number of carbonyl (C=O) groups is 3. The number of hydrogen-bond acceptors (Lipinski definition) is 5. The van der Waals surface area contributed by atoms with Crippen LogP contribution >= 0.6 is 0 Å². The number of primary amides is 1. The standard InChI is InChI=1S/C12H12N2O4/c13-9(15)6-8-10(12(17)11(8)16)14-18-7-4-2-1-3-5-7/h1-5,8,10,14H,6H2,(H2,13,15). The summed E-state index contributed by atoms with van der Waals surface area (Å²) in [5.41, 5.74) is 7.50. The van der Waals surface area contributed by atoms with Gasteiger partial charge in [0.1, 0.15) is 11.8 Å². The molecule has 94 valence electrons. The summed E-state index contributed by atoms with van der Waals surface area (Å²) < 4.78 is 0. The number of ketones is 2. The molecule has 0 heterocycles. The number of rotatable bonds is 5. The van der Waals surface area contributed by atoms with Gasteiger partial charge in [0.05, 0.1) is 5.92 Å². The summed E-state index contributed by atoms with van der Waals surface area (Å²) in [7, 11) is 0. The summed E-state index contributed by atoms with van der Waals surface area (Å²) in [6.45, 7) is 0. The Balaban J connectivity index is 1.94. The van der Waals surface area contributed by atoms with Crippen molar-refractivity contribution in [1.29, 1.82) is 0 Å². The topological polar surface area (TPSA) is 98.5 Å². The summed E-state index contributed by atoms with van der Waals surface area (Å²) in [5, 5.41) is 0. The lowest BCUT2D eigenvalue weighted by atomic mass is 9.75. The van der Waals surface area contributed by atoms with E-state index in [1.165, 1.54) is 0 Å². The normalized spacial score (nSPS) is 22.4. The fourth-order valence-electron chi connectivity index (χ4n) is 1.76. The van der Waals surface area contributed by atoms with Gasteiger partial charge in [-0.15, -0.1) is 5.48 Å². The quantitative estimate of drug-likeness (QED) is 0.545. The minimum atomic E-state index is -0.801. The molecule has 3 N–H and O–H groups in total. The lowest BCUT2D eigenvalue weighted by Crippen LogP contribution is -2.61. The number of amides is 1. The highest BCUT2D eigenvalue weighted by atomic mass is 16.6. The molecule has 1 fully saturated rings. The molecular weight excluding hydrogens is 236 g/mol. The first-order valence-corrected chi connectivity index (χ1v) is 5.43. The third kappa shape index (κ3) is 2.38. The van der Waals surface area contributed by atoms with Crippen LogP contribution in [0, 0.1) is 5.92 Å². The second-order valence-corrected chi connectivity index (χ2v) is 4.02. The van der Waals surface area contributed by atoms with Crippen molar-refractivity contribution in [2.75, 3.05) is 0 Å². The number of Topliss-reactive ketones (excluding diaryl/α,β-unsaturated/α-hetero) is 2. The molecule has 2 unspecified atom stereocenters. The highest BCUT2D eigenvalue weighted by Gasteiger charge is 2.50. The Morgan fingerprint density at radius 3 is 2.50 bits per heavy atom. The number of nitrogens with two attached hydrogens (primary N) is 1. The zero-order chi connectivity index (χ0) is 13.1. The predicted octanol–water partition coefficient (Wildman–Crippen LogP) is -0.418. The molecule has 0 saturated heterocycles. The zero-order valence-corrected chi connectivity index (χ0v) is 9.46. The van der Waals surface area contributed by atoms with E-state index in [0.29, 0.717) is 5.75 Å². The molecule has 6 heteroatoms. The van der Waals surface area contributed by atoms with Crippen molar-refractivity contribution in [3.05, 3.63) is 30.3 Å². The maximum atomic E-state index is 11.3. The van der Waals surface area contributed by atoms with Gasteiger partial charge < -0.3 is 10.6 Å². The number of benzene rings is 1. The van der Waals surface area contributed by atoms with E-state index in [1.54, 1.807) is 24.3 Å². The number of nitrogens with one attached hydrogen (secondary N) is 1. The van der Waals surface area contributed by atoms with Crippen LogP contribution in [0.3, 0.4) is 0 Å². The number of hydroxylamine groups is 1. The van der Waals surface area contributed by atoms with Crippen LogP contribution in [0.1, 0.15) is 6.42 Å². The van der Waals surface area contributed by atoms with E-state index in [2.05, 4.69) is 5.48 Å². The SMILES string of the molecule is NC(=O)CC1C(=O)C(=O)C1NOc1ccccc1. The molecule has 18 heavy (non-hydrogen) atoms. The van der Waals surface area contributed by atoms with E-state index >= 15 is 0 Å². The first-order valence-electron chi connectivity index (χ1n) is 5.43. The van der Waals surface area contributed by atoms with E-state index in [4.69, 9.17) is 10.6 Å². The Kier molecular flexibility index (Phi) is 3.38. The van der Waals surface area contributed by atoms with Crippen LogP contribution in [0.25, 0.3) is 0 Å². The van der Waals surface area contributed by atoms with Gasteiger partial charge in [0.25, 0.3) is 0 Å². The molecule has 0 radical (unpaired) electrons. The first kappa shape index (κ1) is 12.3. The fourth-order valence-corrected chi connectivity index (χ4v) is 1.76. The van der Waals surface area contributed by atoms with Gasteiger partial charge in [0.2, 0.25) is 17.5 Å². The highest BCUT2D eigenvalue weighted by molar-refractivity contribution is 6.47. The minimum Gasteiger partial charge on any atom is -0.408 e. The molecular formula is C12H12N2O4. The molecule has 1 amide bonds. The fraction of sp³-hybridized carbons (Fsp3) is 0.250. The molecule has 1 aliphatic carbocycles. The molecule has 1 aliphatic rings. The van der Waals surface area contributed by atoms with Gasteiger partial charge in [-0.05, 0) is 12.1 Å². The molecule has 0 bridgehead atoms. The van der Waals surface area contributed by atoms with E-state index in [9.17, 15) is 14.4 Å².